The van der Waals surface area contributed by atoms with Gasteiger partial charge in [0.15, 0.2) is 6.10 Å². The first-order valence-corrected chi connectivity index (χ1v) is 6.77. The molecule has 3 atom stereocenters. The third-order valence-electron chi connectivity index (χ3n) is 3.06. The Hall–Kier alpha value is -0.730. The molecule has 1 rings (SSSR count). The molecule has 1 fully saturated rings. The van der Waals surface area contributed by atoms with E-state index in [1.54, 1.807) is 7.11 Å². The van der Waals surface area contributed by atoms with Crippen LogP contribution in [-0.4, -0.2) is 88.0 Å². The fourth-order valence-corrected chi connectivity index (χ4v) is 2.05. The van der Waals surface area contributed by atoms with Gasteiger partial charge in [0.1, 0.15) is 0 Å². The van der Waals surface area contributed by atoms with Crippen LogP contribution < -0.4 is 0 Å². The first-order chi connectivity index (χ1) is 9.56. The Morgan fingerprint density at radius 1 is 1.45 bits per heavy atom. The Balaban J connectivity index is 2.27. The van der Waals surface area contributed by atoms with Crippen molar-refractivity contribution in [2.45, 2.75) is 25.2 Å². The summed E-state index contributed by atoms with van der Waals surface area (Å²) in [5.74, 6) is -0.380. The van der Waals surface area contributed by atoms with Gasteiger partial charge in [-0.25, -0.2) is 4.79 Å². The Bertz CT molecular complexity index is 288. The van der Waals surface area contributed by atoms with E-state index in [0.717, 1.165) is 0 Å². The van der Waals surface area contributed by atoms with Crippen molar-refractivity contribution in [2.24, 2.45) is 0 Å². The van der Waals surface area contributed by atoms with Crippen molar-refractivity contribution in [1.29, 1.82) is 0 Å². The molecule has 1 saturated heterocycles. The topological polar surface area (TPSA) is 77.5 Å². The van der Waals surface area contributed by atoms with Gasteiger partial charge in [-0.2, -0.15) is 0 Å². The summed E-state index contributed by atoms with van der Waals surface area (Å²) in [6.45, 7) is 4.62. The van der Waals surface area contributed by atoms with Crippen LogP contribution in [0.3, 0.4) is 0 Å². The minimum Gasteiger partial charge on any atom is -0.467 e. The van der Waals surface area contributed by atoms with Crippen LogP contribution in [0.4, 0.5) is 0 Å². The van der Waals surface area contributed by atoms with Crippen LogP contribution in [0.2, 0.25) is 0 Å². The van der Waals surface area contributed by atoms with E-state index in [0.29, 0.717) is 32.8 Å². The lowest BCUT2D eigenvalue weighted by Gasteiger charge is -2.32. The lowest BCUT2D eigenvalue weighted by Crippen LogP contribution is -2.49. The number of carbonyl (C=O) groups is 1. The van der Waals surface area contributed by atoms with E-state index in [1.807, 2.05) is 11.8 Å². The first-order valence-electron chi connectivity index (χ1n) is 6.77. The number of methoxy groups -OCH3 is 2. The summed E-state index contributed by atoms with van der Waals surface area (Å²) in [7, 11) is 2.95. The van der Waals surface area contributed by atoms with E-state index in [1.165, 1.54) is 7.11 Å². The van der Waals surface area contributed by atoms with Crippen LogP contribution in [0.15, 0.2) is 0 Å². The molecule has 0 aromatic heterocycles. The molecule has 1 heterocycles. The molecule has 20 heavy (non-hydrogen) atoms. The number of nitrogens with zero attached hydrogens (tertiary/aromatic N) is 1. The van der Waals surface area contributed by atoms with E-state index >= 15 is 0 Å². The molecule has 1 N–H and O–H groups in total. The van der Waals surface area contributed by atoms with E-state index in [4.69, 9.17) is 14.2 Å². The molecule has 0 spiro atoms. The maximum atomic E-state index is 11.4. The van der Waals surface area contributed by atoms with Crippen molar-refractivity contribution in [1.82, 2.24) is 4.90 Å². The Labute approximate surface area is 119 Å². The number of aliphatic hydroxyl groups is 1. The molecule has 0 aromatic carbocycles. The normalized spacial score (nSPS) is 23.3. The third-order valence-corrected chi connectivity index (χ3v) is 3.06. The summed E-state index contributed by atoms with van der Waals surface area (Å²) in [5.41, 5.74) is 0. The summed E-state index contributed by atoms with van der Waals surface area (Å²) < 4.78 is 20.4. The number of carbonyl (C=O) groups excluding carboxylic acids is 1. The van der Waals surface area contributed by atoms with Gasteiger partial charge in [-0.1, -0.05) is 0 Å². The molecule has 7 heteroatoms. The quantitative estimate of drug-likeness (QED) is 0.591. The van der Waals surface area contributed by atoms with Crippen molar-refractivity contribution < 1.29 is 28.8 Å². The molecule has 0 radical (unpaired) electrons. The fourth-order valence-electron chi connectivity index (χ4n) is 2.05. The zero-order valence-corrected chi connectivity index (χ0v) is 12.4. The summed E-state index contributed by atoms with van der Waals surface area (Å²) in [4.78, 5) is 13.4. The highest BCUT2D eigenvalue weighted by Crippen LogP contribution is 2.08. The molecular formula is C13H25NO6. The molecule has 0 saturated carbocycles. The molecule has 1 aliphatic rings. The highest BCUT2D eigenvalue weighted by Gasteiger charge is 2.28. The van der Waals surface area contributed by atoms with Gasteiger partial charge >= 0.3 is 5.97 Å². The standard InChI is InChI=1S/C13H25NO6/c1-10(8-17-2)20-9-11(15)6-14-4-5-19-12(7-14)13(16)18-3/h10-12,15H,4-9H2,1-3H3. The molecule has 3 unspecified atom stereocenters. The summed E-state index contributed by atoms with van der Waals surface area (Å²) in [5, 5.41) is 9.94. The second-order valence-electron chi connectivity index (χ2n) is 4.90. The number of hydrogen-bond acceptors (Lipinski definition) is 7. The van der Waals surface area contributed by atoms with Crippen molar-refractivity contribution in [3.05, 3.63) is 0 Å². The number of esters is 1. The minimum absolute atomic E-state index is 0.0536. The van der Waals surface area contributed by atoms with Crippen LogP contribution in [-0.2, 0) is 23.7 Å². The largest absolute Gasteiger partial charge is 0.467 e. The smallest absolute Gasteiger partial charge is 0.336 e. The second-order valence-corrected chi connectivity index (χ2v) is 4.90. The number of morpholine rings is 1. The van der Waals surface area contributed by atoms with Gasteiger partial charge in [-0.15, -0.1) is 0 Å². The predicted molar refractivity (Wildman–Crippen MR) is 71.5 cm³/mol. The van der Waals surface area contributed by atoms with Crippen LogP contribution in [0.25, 0.3) is 0 Å². The molecule has 0 aromatic rings. The average molecular weight is 291 g/mol. The fraction of sp³-hybridized carbons (Fsp3) is 0.923. The number of β-amino-alcohol motifs (C(OH)–C–C–N with tert-alkyl or cyclic N) is 1. The number of hydrogen-bond donors (Lipinski definition) is 1. The summed E-state index contributed by atoms with van der Waals surface area (Å²) >= 11 is 0. The Morgan fingerprint density at radius 3 is 2.85 bits per heavy atom. The molecule has 0 bridgehead atoms. The Morgan fingerprint density at radius 2 is 2.20 bits per heavy atom. The zero-order valence-electron chi connectivity index (χ0n) is 12.4. The number of ether oxygens (including phenoxy) is 4. The van der Waals surface area contributed by atoms with Gasteiger partial charge in [0.2, 0.25) is 0 Å². The lowest BCUT2D eigenvalue weighted by atomic mass is 10.2. The van der Waals surface area contributed by atoms with Crippen molar-refractivity contribution in [3.63, 3.8) is 0 Å². The second kappa shape index (κ2) is 9.25. The SMILES string of the molecule is COCC(C)OCC(O)CN1CCOC(C(=O)OC)C1. The maximum absolute atomic E-state index is 11.4. The average Bonchev–Trinajstić information content (AvgIpc) is 2.45. The van der Waals surface area contributed by atoms with Gasteiger partial charge in [-0.3, -0.25) is 4.90 Å². The summed E-state index contributed by atoms with van der Waals surface area (Å²) in [6.07, 6.45) is -1.23. The van der Waals surface area contributed by atoms with E-state index in [-0.39, 0.29) is 18.7 Å². The Kier molecular flexibility index (Phi) is 8.01. The third kappa shape index (κ3) is 6.15. The highest BCUT2D eigenvalue weighted by molar-refractivity contribution is 5.74. The van der Waals surface area contributed by atoms with E-state index < -0.39 is 12.2 Å². The van der Waals surface area contributed by atoms with Crippen LogP contribution >= 0.6 is 0 Å². The molecular weight excluding hydrogens is 266 g/mol. The van der Waals surface area contributed by atoms with Gasteiger partial charge in [0.25, 0.3) is 0 Å². The van der Waals surface area contributed by atoms with Crippen LogP contribution in [0, 0.1) is 0 Å². The van der Waals surface area contributed by atoms with Gasteiger partial charge < -0.3 is 24.1 Å². The van der Waals surface area contributed by atoms with Crippen molar-refractivity contribution in [2.75, 3.05) is 53.7 Å². The number of rotatable bonds is 8. The van der Waals surface area contributed by atoms with Crippen LogP contribution in [0.1, 0.15) is 6.92 Å². The van der Waals surface area contributed by atoms with Gasteiger partial charge in [-0.05, 0) is 6.92 Å². The van der Waals surface area contributed by atoms with Crippen LogP contribution in [0.5, 0.6) is 0 Å². The molecule has 1 aliphatic heterocycles. The van der Waals surface area contributed by atoms with Crippen molar-refractivity contribution in [3.8, 4) is 0 Å². The monoisotopic (exact) mass is 291 g/mol. The zero-order chi connectivity index (χ0) is 15.0. The molecule has 118 valence electrons. The number of aliphatic hydroxyl groups excluding tert-OH is 1. The molecule has 7 nitrogen and oxygen atoms in total. The van der Waals surface area contributed by atoms with E-state index in [9.17, 15) is 9.90 Å². The highest BCUT2D eigenvalue weighted by atomic mass is 16.6. The minimum atomic E-state index is -0.606. The lowest BCUT2D eigenvalue weighted by molar-refractivity contribution is -0.160. The molecule has 0 aliphatic carbocycles. The predicted octanol–water partition coefficient (Wildman–Crippen LogP) is -0.727. The van der Waals surface area contributed by atoms with Crippen molar-refractivity contribution >= 4 is 5.97 Å². The first kappa shape index (κ1) is 17.3. The molecule has 0 amide bonds. The maximum Gasteiger partial charge on any atom is 0.336 e. The van der Waals surface area contributed by atoms with Gasteiger partial charge in [0.05, 0.1) is 39.1 Å². The summed E-state index contributed by atoms with van der Waals surface area (Å²) in [6, 6.07) is 0. The van der Waals surface area contributed by atoms with Gasteiger partial charge in [0, 0.05) is 26.7 Å². The van der Waals surface area contributed by atoms with E-state index in [2.05, 4.69) is 4.74 Å².